The Bertz CT molecular complexity index is 908. The van der Waals surface area contributed by atoms with E-state index >= 15 is 0 Å². The average molecular weight is 460 g/mol. The van der Waals surface area contributed by atoms with Gasteiger partial charge in [-0.1, -0.05) is 56.3 Å². The number of benzene rings is 2. The fourth-order valence-electron chi connectivity index (χ4n) is 4.55. The Morgan fingerprint density at radius 2 is 1.94 bits per heavy atom. The summed E-state index contributed by atoms with van der Waals surface area (Å²) in [6.07, 6.45) is 1.66. The van der Waals surface area contributed by atoms with E-state index in [4.69, 9.17) is 5.73 Å². The number of amides is 2. The first-order valence-electron chi connectivity index (χ1n) is 10.9. The van der Waals surface area contributed by atoms with Crippen LogP contribution >= 0.6 is 12.4 Å². The molecule has 0 aliphatic carbocycles. The van der Waals surface area contributed by atoms with Crippen molar-refractivity contribution in [2.45, 2.75) is 38.0 Å². The highest BCUT2D eigenvalue weighted by Crippen LogP contribution is 2.40. The van der Waals surface area contributed by atoms with Crippen LogP contribution in [0.15, 0.2) is 54.6 Å². The average Bonchev–Trinajstić information content (AvgIpc) is 2.75. The highest BCUT2D eigenvalue weighted by molar-refractivity contribution is 5.87. The molecule has 0 spiro atoms. The molecule has 2 aromatic rings. The molecule has 3 unspecified atom stereocenters. The van der Waals surface area contributed by atoms with E-state index in [0.717, 1.165) is 31.6 Å². The van der Waals surface area contributed by atoms with Crippen molar-refractivity contribution in [2.75, 3.05) is 26.2 Å². The minimum Gasteiger partial charge on any atom is -0.508 e. The molecule has 1 aliphatic heterocycles. The quantitative estimate of drug-likeness (QED) is 0.564. The van der Waals surface area contributed by atoms with Gasteiger partial charge in [0.2, 0.25) is 11.8 Å². The number of hydrogen-bond acceptors (Lipinski definition) is 4. The van der Waals surface area contributed by atoms with E-state index < -0.39 is 5.91 Å². The summed E-state index contributed by atoms with van der Waals surface area (Å²) < 4.78 is 0. The zero-order valence-corrected chi connectivity index (χ0v) is 19.6. The molecule has 1 aliphatic rings. The molecule has 2 amide bonds. The second kappa shape index (κ2) is 11.3. The lowest BCUT2D eigenvalue weighted by molar-refractivity contribution is -0.126. The standard InChI is InChI=1S/C25H33N3O3.ClH/c1-18-17-28(14-12-25(18,2)20-9-6-10-21(29)15-20)13-11-22(19-7-4-3-5-8-19)24(31)27-16-23(26)30;/h3-10,15,18,22,29H,11-14,16-17H2,1-2H3,(H2,26,30)(H,27,31);1H. The molecule has 174 valence electrons. The highest BCUT2D eigenvalue weighted by atomic mass is 35.5. The minimum absolute atomic E-state index is 0. The van der Waals surface area contributed by atoms with E-state index in [1.807, 2.05) is 42.5 Å². The smallest absolute Gasteiger partial charge is 0.236 e. The topological polar surface area (TPSA) is 95.7 Å². The van der Waals surface area contributed by atoms with Crippen LogP contribution in [0.2, 0.25) is 0 Å². The molecule has 6 nitrogen and oxygen atoms in total. The van der Waals surface area contributed by atoms with Gasteiger partial charge in [-0.25, -0.2) is 0 Å². The maximum atomic E-state index is 12.7. The summed E-state index contributed by atoms with van der Waals surface area (Å²) in [5.74, 6) is -0.325. The number of nitrogens with two attached hydrogens (primary N) is 1. The third-order valence-electron chi connectivity index (χ3n) is 6.76. The number of primary amides is 1. The molecule has 4 N–H and O–H groups in total. The van der Waals surface area contributed by atoms with Crippen molar-refractivity contribution in [1.82, 2.24) is 10.2 Å². The lowest BCUT2D eigenvalue weighted by atomic mass is 9.68. The largest absolute Gasteiger partial charge is 0.508 e. The number of nitrogens with one attached hydrogen (secondary N) is 1. The van der Waals surface area contributed by atoms with Gasteiger partial charge in [-0.3, -0.25) is 9.59 Å². The Hall–Kier alpha value is -2.57. The summed E-state index contributed by atoms with van der Waals surface area (Å²) in [6.45, 7) is 7.03. The van der Waals surface area contributed by atoms with Gasteiger partial charge >= 0.3 is 0 Å². The predicted molar refractivity (Wildman–Crippen MR) is 129 cm³/mol. The van der Waals surface area contributed by atoms with Gasteiger partial charge in [0, 0.05) is 6.54 Å². The molecule has 0 saturated carbocycles. The van der Waals surface area contributed by atoms with Gasteiger partial charge in [0.25, 0.3) is 0 Å². The Morgan fingerprint density at radius 1 is 1.22 bits per heavy atom. The van der Waals surface area contributed by atoms with Crippen molar-refractivity contribution in [1.29, 1.82) is 0 Å². The second-order valence-electron chi connectivity index (χ2n) is 8.86. The molecule has 0 aromatic heterocycles. The minimum atomic E-state index is -0.545. The Labute approximate surface area is 196 Å². The third kappa shape index (κ3) is 6.24. The predicted octanol–water partition coefficient (Wildman–Crippen LogP) is 3.19. The lowest BCUT2D eigenvalue weighted by Gasteiger charge is -2.45. The van der Waals surface area contributed by atoms with Gasteiger partial charge in [0.15, 0.2) is 0 Å². The van der Waals surface area contributed by atoms with Crippen molar-refractivity contribution in [3.8, 4) is 5.75 Å². The molecule has 7 heteroatoms. The SMILES string of the molecule is CC1CN(CCC(C(=O)NCC(N)=O)c2ccccc2)CCC1(C)c1cccc(O)c1.Cl. The van der Waals surface area contributed by atoms with Crippen molar-refractivity contribution in [2.24, 2.45) is 11.7 Å². The summed E-state index contributed by atoms with van der Waals surface area (Å²) in [6, 6.07) is 17.3. The van der Waals surface area contributed by atoms with Crippen LogP contribution in [0, 0.1) is 5.92 Å². The van der Waals surface area contributed by atoms with Gasteiger partial charge in [0.1, 0.15) is 5.75 Å². The molecular weight excluding hydrogens is 426 g/mol. The van der Waals surface area contributed by atoms with Gasteiger partial charge in [0.05, 0.1) is 12.5 Å². The first-order valence-corrected chi connectivity index (χ1v) is 10.9. The Kier molecular flexibility index (Phi) is 9.10. The zero-order valence-electron chi connectivity index (χ0n) is 18.8. The number of likely N-dealkylation sites (tertiary alicyclic amines) is 1. The Balaban J connectivity index is 0.00000363. The highest BCUT2D eigenvalue weighted by Gasteiger charge is 2.38. The molecule has 2 aromatic carbocycles. The van der Waals surface area contributed by atoms with Crippen LogP contribution in [0.3, 0.4) is 0 Å². The fraction of sp³-hybridized carbons (Fsp3) is 0.440. The number of carbonyl (C=O) groups excluding carboxylic acids is 2. The summed E-state index contributed by atoms with van der Waals surface area (Å²) in [5.41, 5.74) is 7.32. The van der Waals surface area contributed by atoms with Crippen LogP contribution in [0.25, 0.3) is 0 Å². The molecule has 1 saturated heterocycles. The van der Waals surface area contributed by atoms with E-state index in [9.17, 15) is 14.7 Å². The molecule has 0 bridgehead atoms. The van der Waals surface area contributed by atoms with E-state index in [1.165, 1.54) is 5.56 Å². The summed E-state index contributed by atoms with van der Waals surface area (Å²) in [7, 11) is 0. The monoisotopic (exact) mass is 459 g/mol. The van der Waals surface area contributed by atoms with Crippen LogP contribution in [0.4, 0.5) is 0 Å². The maximum absolute atomic E-state index is 12.7. The van der Waals surface area contributed by atoms with E-state index in [-0.39, 0.29) is 36.2 Å². The number of halogens is 1. The van der Waals surface area contributed by atoms with Gasteiger partial charge in [-0.2, -0.15) is 0 Å². The van der Waals surface area contributed by atoms with Crippen molar-refractivity contribution in [3.05, 3.63) is 65.7 Å². The Morgan fingerprint density at radius 3 is 2.56 bits per heavy atom. The molecule has 3 rings (SSSR count). The molecule has 32 heavy (non-hydrogen) atoms. The summed E-state index contributed by atoms with van der Waals surface area (Å²) >= 11 is 0. The van der Waals surface area contributed by atoms with Gasteiger partial charge in [-0.05, 0) is 60.5 Å². The first kappa shape index (κ1) is 25.7. The van der Waals surface area contributed by atoms with Crippen molar-refractivity contribution < 1.29 is 14.7 Å². The molecule has 0 radical (unpaired) electrons. The number of piperidine rings is 1. The first-order chi connectivity index (χ1) is 14.8. The zero-order chi connectivity index (χ0) is 22.4. The lowest BCUT2D eigenvalue weighted by Crippen LogP contribution is -2.48. The molecule has 1 heterocycles. The van der Waals surface area contributed by atoms with Crippen molar-refractivity contribution in [3.63, 3.8) is 0 Å². The molecule has 3 atom stereocenters. The number of rotatable bonds is 8. The molecular formula is C25H34ClN3O3. The molecule has 1 fully saturated rings. The van der Waals surface area contributed by atoms with E-state index in [2.05, 4.69) is 30.1 Å². The number of phenolic OH excluding ortho intramolecular Hbond substituents is 1. The van der Waals surface area contributed by atoms with Crippen LogP contribution in [-0.4, -0.2) is 48.0 Å². The van der Waals surface area contributed by atoms with Crippen LogP contribution < -0.4 is 11.1 Å². The number of hydrogen-bond donors (Lipinski definition) is 3. The number of aromatic hydroxyl groups is 1. The maximum Gasteiger partial charge on any atom is 0.236 e. The van der Waals surface area contributed by atoms with Gasteiger partial charge in [-0.15, -0.1) is 12.4 Å². The normalized spacial score (nSPS) is 21.9. The fourth-order valence-corrected chi connectivity index (χ4v) is 4.55. The number of nitrogens with zero attached hydrogens (tertiary/aromatic N) is 1. The van der Waals surface area contributed by atoms with E-state index in [0.29, 0.717) is 18.1 Å². The van der Waals surface area contributed by atoms with Gasteiger partial charge < -0.3 is 21.1 Å². The van der Waals surface area contributed by atoms with E-state index in [1.54, 1.807) is 6.07 Å². The van der Waals surface area contributed by atoms with Crippen LogP contribution in [0.5, 0.6) is 5.75 Å². The summed E-state index contributed by atoms with van der Waals surface area (Å²) in [4.78, 5) is 26.2. The summed E-state index contributed by atoms with van der Waals surface area (Å²) in [5, 5.41) is 12.6. The van der Waals surface area contributed by atoms with Crippen LogP contribution in [0.1, 0.15) is 43.7 Å². The third-order valence-corrected chi connectivity index (χ3v) is 6.76. The number of carbonyl (C=O) groups is 2. The number of phenols is 1. The second-order valence-corrected chi connectivity index (χ2v) is 8.86. The van der Waals surface area contributed by atoms with Crippen molar-refractivity contribution >= 4 is 24.2 Å². The van der Waals surface area contributed by atoms with Crippen LogP contribution in [-0.2, 0) is 15.0 Å².